The van der Waals surface area contributed by atoms with Gasteiger partial charge in [-0.15, -0.1) is 0 Å². The maximum atomic E-state index is 5.55. The first kappa shape index (κ1) is 6.05. The molecule has 0 aromatic carbocycles. The Balaban J connectivity index is 2.05. The molecule has 0 aromatic heterocycles. The number of hydrogen-bond acceptors (Lipinski definition) is 2. The fraction of sp³-hybridized carbons (Fsp3) is 1.00. The third-order valence-electron chi connectivity index (χ3n) is 1.51. The quantitative estimate of drug-likeness (QED) is 0.513. The van der Waals surface area contributed by atoms with Gasteiger partial charge in [0.2, 0.25) is 0 Å². The fourth-order valence-corrected chi connectivity index (χ4v) is 0.917. The summed E-state index contributed by atoms with van der Waals surface area (Å²) in [6, 6.07) is 1.15. The molecular weight excluding hydrogens is 100 g/mol. The van der Waals surface area contributed by atoms with Gasteiger partial charge in [0.1, 0.15) is 0 Å². The van der Waals surface area contributed by atoms with Gasteiger partial charge in [0.05, 0.1) is 0 Å². The predicted molar refractivity (Wildman–Crippen MR) is 34.7 cm³/mol. The minimum absolute atomic E-state index is 0.347. The van der Waals surface area contributed by atoms with Crippen LogP contribution in [0.5, 0.6) is 0 Å². The van der Waals surface area contributed by atoms with Crippen LogP contribution in [0.25, 0.3) is 0 Å². The first-order chi connectivity index (χ1) is 3.70. The summed E-state index contributed by atoms with van der Waals surface area (Å²) >= 11 is 0. The molecule has 1 heterocycles. The molecule has 1 rings (SSSR count). The van der Waals surface area contributed by atoms with Crippen molar-refractivity contribution in [2.24, 2.45) is 5.73 Å². The van der Waals surface area contributed by atoms with Crippen LogP contribution in [-0.4, -0.2) is 30.1 Å². The molecule has 1 fully saturated rings. The van der Waals surface area contributed by atoms with E-state index in [4.69, 9.17) is 5.73 Å². The largest absolute Gasteiger partial charge is 0.327 e. The highest BCUT2D eigenvalue weighted by molar-refractivity contribution is 4.86. The van der Waals surface area contributed by atoms with E-state index in [1.807, 2.05) is 6.92 Å². The van der Waals surface area contributed by atoms with Crippen LogP contribution < -0.4 is 5.73 Å². The molecule has 1 aliphatic heterocycles. The molecule has 1 saturated heterocycles. The Bertz CT molecular complexity index is 80.6. The minimum Gasteiger partial charge on any atom is -0.327 e. The fourth-order valence-electron chi connectivity index (χ4n) is 0.917. The average molecular weight is 114 g/mol. The molecule has 2 N–H and O–H groups in total. The van der Waals surface area contributed by atoms with Crippen LogP contribution in [0.4, 0.5) is 0 Å². The van der Waals surface area contributed by atoms with Crippen molar-refractivity contribution in [3.05, 3.63) is 0 Å². The van der Waals surface area contributed by atoms with Crippen molar-refractivity contribution in [2.75, 3.05) is 13.1 Å². The lowest BCUT2D eigenvalue weighted by Gasteiger charge is -2.03. The molecule has 0 spiro atoms. The third-order valence-corrected chi connectivity index (χ3v) is 1.51. The van der Waals surface area contributed by atoms with Gasteiger partial charge in [0.15, 0.2) is 0 Å². The predicted octanol–water partition coefficient (Wildman–Crippen LogP) is 0.0377. The molecule has 0 amide bonds. The summed E-state index contributed by atoms with van der Waals surface area (Å²) in [4.78, 5) is 2.37. The van der Waals surface area contributed by atoms with Crippen LogP contribution in [0.3, 0.4) is 0 Å². The van der Waals surface area contributed by atoms with Crippen LogP contribution in [0, 0.1) is 0 Å². The van der Waals surface area contributed by atoms with Gasteiger partial charge in [-0.25, -0.2) is 0 Å². The first-order valence-electron chi connectivity index (χ1n) is 3.20. The lowest BCUT2D eigenvalue weighted by Crippen LogP contribution is -2.25. The first-order valence-corrected chi connectivity index (χ1v) is 3.20. The summed E-state index contributed by atoms with van der Waals surface area (Å²) in [6.45, 7) is 6.59. The van der Waals surface area contributed by atoms with E-state index >= 15 is 0 Å². The molecule has 0 saturated carbocycles. The molecule has 48 valence electrons. The Morgan fingerprint density at radius 1 is 1.88 bits per heavy atom. The van der Waals surface area contributed by atoms with Gasteiger partial charge in [0, 0.05) is 25.2 Å². The lowest BCUT2D eigenvalue weighted by atomic mass is 10.4. The molecule has 0 aliphatic carbocycles. The van der Waals surface area contributed by atoms with Gasteiger partial charge < -0.3 is 5.73 Å². The van der Waals surface area contributed by atoms with Gasteiger partial charge >= 0.3 is 0 Å². The van der Waals surface area contributed by atoms with Crippen molar-refractivity contribution in [3.63, 3.8) is 0 Å². The monoisotopic (exact) mass is 114 g/mol. The SMILES string of the molecule is CC(N)CN1CC1C. The van der Waals surface area contributed by atoms with Crippen molar-refractivity contribution >= 4 is 0 Å². The number of nitrogens with two attached hydrogens (primary N) is 1. The third kappa shape index (κ3) is 1.46. The van der Waals surface area contributed by atoms with Gasteiger partial charge in [-0.05, 0) is 13.8 Å². The number of nitrogens with zero attached hydrogens (tertiary/aromatic N) is 1. The molecule has 0 radical (unpaired) electrons. The highest BCUT2D eigenvalue weighted by Gasteiger charge is 2.28. The van der Waals surface area contributed by atoms with Crippen molar-refractivity contribution in [1.82, 2.24) is 4.90 Å². The van der Waals surface area contributed by atoms with E-state index < -0.39 is 0 Å². The second-order valence-electron chi connectivity index (χ2n) is 2.78. The van der Waals surface area contributed by atoms with Crippen molar-refractivity contribution in [3.8, 4) is 0 Å². The smallest absolute Gasteiger partial charge is 0.0196 e. The molecule has 2 nitrogen and oxygen atoms in total. The van der Waals surface area contributed by atoms with Crippen molar-refractivity contribution in [1.29, 1.82) is 0 Å². The van der Waals surface area contributed by atoms with E-state index in [1.54, 1.807) is 0 Å². The minimum atomic E-state index is 0.347. The van der Waals surface area contributed by atoms with Crippen LogP contribution in [-0.2, 0) is 0 Å². The van der Waals surface area contributed by atoms with Crippen LogP contribution in [0.2, 0.25) is 0 Å². The van der Waals surface area contributed by atoms with Gasteiger partial charge in [-0.3, -0.25) is 4.90 Å². The second kappa shape index (κ2) is 2.03. The second-order valence-corrected chi connectivity index (χ2v) is 2.78. The van der Waals surface area contributed by atoms with Crippen LogP contribution in [0.15, 0.2) is 0 Å². The zero-order valence-corrected chi connectivity index (χ0v) is 5.59. The van der Waals surface area contributed by atoms with Crippen molar-refractivity contribution < 1.29 is 0 Å². The van der Waals surface area contributed by atoms with Crippen molar-refractivity contribution in [2.45, 2.75) is 25.9 Å². The Kier molecular flexibility index (Phi) is 1.54. The molecule has 0 bridgehead atoms. The van der Waals surface area contributed by atoms with E-state index in [0.29, 0.717) is 6.04 Å². The molecule has 8 heavy (non-hydrogen) atoms. The van der Waals surface area contributed by atoms with E-state index in [0.717, 1.165) is 12.6 Å². The zero-order valence-electron chi connectivity index (χ0n) is 5.59. The Labute approximate surface area is 50.7 Å². The van der Waals surface area contributed by atoms with Gasteiger partial charge in [-0.2, -0.15) is 0 Å². The van der Waals surface area contributed by atoms with Gasteiger partial charge in [-0.1, -0.05) is 0 Å². The molecule has 1 aliphatic rings. The van der Waals surface area contributed by atoms with Gasteiger partial charge in [0.25, 0.3) is 0 Å². The van der Waals surface area contributed by atoms with E-state index in [-0.39, 0.29) is 0 Å². The summed E-state index contributed by atoms with van der Waals surface area (Å²) in [7, 11) is 0. The Morgan fingerprint density at radius 3 is 2.50 bits per heavy atom. The molecular formula is C6H14N2. The standard InChI is InChI=1S/C6H14N2/c1-5(7)3-8-4-6(8)2/h5-6H,3-4,7H2,1-2H3. The summed E-state index contributed by atoms with van der Waals surface area (Å²) in [6.07, 6.45) is 0. The topological polar surface area (TPSA) is 29.0 Å². The highest BCUT2D eigenvalue weighted by Crippen LogP contribution is 2.14. The highest BCUT2D eigenvalue weighted by atomic mass is 15.3. The van der Waals surface area contributed by atoms with Crippen LogP contribution in [0.1, 0.15) is 13.8 Å². The number of hydrogen-bond donors (Lipinski definition) is 1. The number of rotatable bonds is 2. The Hall–Kier alpha value is -0.0800. The normalized spacial score (nSPS) is 39.4. The maximum Gasteiger partial charge on any atom is 0.0196 e. The summed E-state index contributed by atoms with van der Waals surface area (Å²) < 4.78 is 0. The molecule has 3 unspecified atom stereocenters. The summed E-state index contributed by atoms with van der Waals surface area (Å²) in [5.41, 5.74) is 5.55. The Morgan fingerprint density at radius 2 is 2.38 bits per heavy atom. The molecule has 3 atom stereocenters. The zero-order chi connectivity index (χ0) is 6.15. The summed E-state index contributed by atoms with van der Waals surface area (Å²) in [5.74, 6) is 0. The maximum absolute atomic E-state index is 5.55. The lowest BCUT2D eigenvalue weighted by molar-refractivity contribution is 0.474. The van der Waals surface area contributed by atoms with E-state index in [9.17, 15) is 0 Å². The molecule has 2 heteroatoms. The molecule has 0 aromatic rings. The van der Waals surface area contributed by atoms with E-state index in [1.165, 1.54) is 6.54 Å². The van der Waals surface area contributed by atoms with E-state index in [2.05, 4.69) is 11.8 Å². The van der Waals surface area contributed by atoms with Crippen LogP contribution >= 0.6 is 0 Å². The summed E-state index contributed by atoms with van der Waals surface area (Å²) in [5, 5.41) is 0. The average Bonchev–Trinajstić information content (AvgIpc) is 2.17.